The van der Waals surface area contributed by atoms with Crippen LogP contribution >= 0.6 is 13.5 Å². The number of esters is 1. The number of ether oxygens (including phenoxy) is 3. The fourth-order valence-corrected chi connectivity index (χ4v) is 3.71. The zero-order valence-corrected chi connectivity index (χ0v) is 17.9. The number of urea groups is 1. The van der Waals surface area contributed by atoms with Crippen LogP contribution in [0.3, 0.4) is 0 Å². The number of benzene rings is 2. The highest BCUT2D eigenvalue weighted by Gasteiger charge is 2.33. The van der Waals surface area contributed by atoms with E-state index in [4.69, 9.17) is 14.2 Å². The van der Waals surface area contributed by atoms with Crippen LogP contribution in [-0.2, 0) is 16.0 Å². The van der Waals surface area contributed by atoms with E-state index >= 15 is 0 Å². The molecule has 0 spiro atoms. The van der Waals surface area contributed by atoms with Gasteiger partial charge < -0.3 is 24.0 Å². The van der Waals surface area contributed by atoms with Gasteiger partial charge >= 0.3 is 12.0 Å². The molecule has 2 aliphatic rings. The van der Waals surface area contributed by atoms with Gasteiger partial charge in [0.1, 0.15) is 12.4 Å². The first-order chi connectivity index (χ1) is 14.2. The first-order valence-electron chi connectivity index (χ1n) is 9.69. The lowest BCUT2D eigenvalue weighted by Gasteiger charge is -2.36. The van der Waals surface area contributed by atoms with Gasteiger partial charge in [0.05, 0.1) is 38.5 Å². The summed E-state index contributed by atoms with van der Waals surface area (Å²) in [6.45, 7) is 2.94. The number of hydrogen-bond donors (Lipinski definition) is 0. The number of amides is 2. The maximum atomic E-state index is 13.4. The molecule has 160 valence electrons. The molecule has 2 aromatic rings. The fraction of sp³-hybridized carbons (Fsp3) is 0.364. The van der Waals surface area contributed by atoms with Gasteiger partial charge in [0.2, 0.25) is 0 Å². The molecule has 2 aromatic carbocycles. The largest absolute Gasteiger partial charge is 0.491 e. The van der Waals surface area contributed by atoms with E-state index in [1.54, 1.807) is 12.1 Å². The molecule has 0 unspecified atom stereocenters. The highest BCUT2D eigenvalue weighted by molar-refractivity contribution is 7.59. The van der Waals surface area contributed by atoms with Crippen LogP contribution < -0.4 is 4.74 Å². The van der Waals surface area contributed by atoms with E-state index in [9.17, 15) is 9.59 Å². The Morgan fingerprint density at radius 3 is 2.50 bits per heavy atom. The molecule has 2 aliphatic heterocycles. The summed E-state index contributed by atoms with van der Waals surface area (Å²) < 4.78 is 16.3. The predicted octanol–water partition coefficient (Wildman–Crippen LogP) is 2.97. The molecular weight excluding hydrogens is 404 g/mol. The molecule has 0 N–H and O–H groups in total. The average Bonchev–Trinajstić information content (AvgIpc) is 2.98. The SMILES string of the molecule is COC(=O)c1ccc2c(c1)OC[C@H](c1ccccc1)N(C(=O)N1CCOCC1)C2.S. The highest BCUT2D eigenvalue weighted by Crippen LogP contribution is 2.33. The Labute approximate surface area is 183 Å². The number of carbonyl (C=O) groups excluding carboxylic acids is 2. The molecule has 0 saturated carbocycles. The Bertz CT molecular complexity index is 886. The van der Waals surface area contributed by atoms with E-state index in [0.717, 1.165) is 11.1 Å². The first kappa shape index (κ1) is 22.0. The summed E-state index contributed by atoms with van der Waals surface area (Å²) in [7, 11) is 1.35. The van der Waals surface area contributed by atoms with E-state index in [-0.39, 0.29) is 25.6 Å². The zero-order valence-electron chi connectivity index (χ0n) is 16.9. The topological polar surface area (TPSA) is 68.3 Å². The molecule has 30 heavy (non-hydrogen) atoms. The molecule has 8 heteroatoms. The van der Waals surface area contributed by atoms with Crippen molar-refractivity contribution in [2.24, 2.45) is 0 Å². The van der Waals surface area contributed by atoms with E-state index in [1.807, 2.05) is 46.2 Å². The molecule has 0 bridgehead atoms. The number of hydrogen-bond acceptors (Lipinski definition) is 5. The summed E-state index contributed by atoms with van der Waals surface area (Å²) in [5.41, 5.74) is 2.29. The molecule has 1 atom stereocenters. The van der Waals surface area contributed by atoms with Crippen molar-refractivity contribution >= 4 is 25.5 Å². The van der Waals surface area contributed by atoms with Crippen LogP contribution in [0.1, 0.15) is 27.5 Å². The highest BCUT2D eigenvalue weighted by atomic mass is 32.1. The summed E-state index contributed by atoms with van der Waals surface area (Å²) in [4.78, 5) is 29.0. The van der Waals surface area contributed by atoms with E-state index in [2.05, 4.69) is 0 Å². The standard InChI is InChI=1S/C22H24N2O5.H2S/c1-27-21(25)17-7-8-18-14-24(22(26)23-9-11-28-12-10-23)19(15-29-20(18)13-17)16-5-3-2-4-6-16;/h2-8,13,19H,9-12,14-15H2,1H3;1H2/t19-;/m1./s1. The Morgan fingerprint density at radius 2 is 1.80 bits per heavy atom. The first-order valence-corrected chi connectivity index (χ1v) is 9.69. The minimum atomic E-state index is -0.415. The summed E-state index contributed by atoms with van der Waals surface area (Å²) in [6.07, 6.45) is 0. The van der Waals surface area contributed by atoms with Crippen LogP contribution in [0.5, 0.6) is 5.75 Å². The molecule has 0 aromatic heterocycles. The van der Waals surface area contributed by atoms with Crippen molar-refractivity contribution in [1.29, 1.82) is 0 Å². The summed E-state index contributed by atoms with van der Waals surface area (Å²) in [5.74, 6) is 0.188. The van der Waals surface area contributed by atoms with E-state index < -0.39 is 5.97 Å². The van der Waals surface area contributed by atoms with Gasteiger partial charge in [0.15, 0.2) is 0 Å². The minimum absolute atomic E-state index is 0. The van der Waals surface area contributed by atoms with Gasteiger partial charge in [-0.1, -0.05) is 36.4 Å². The van der Waals surface area contributed by atoms with Crippen LogP contribution in [0.15, 0.2) is 48.5 Å². The van der Waals surface area contributed by atoms with Crippen molar-refractivity contribution in [2.75, 3.05) is 40.0 Å². The van der Waals surface area contributed by atoms with Crippen molar-refractivity contribution in [3.63, 3.8) is 0 Å². The van der Waals surface area contributed by atoms with Crippen LogP contribution in [0.25, 0.3) is 0 Å². The van der Waals surface area contributed by atoms with Gasteiger partial charge in [-0.15, -0.1) is 0 Å². The van der Waals surface area contributed by atoms with Gasteiger partial charge in [0.25, 0.3) is 0 Å². The zero-order chi connectivity index (χ0) is 20.2. The van der Waals surface area contributed by atoms with Crippen LogP contribution in [0, 0.1) is 0 Å². The normalized spacial score (nSPS) is 18.4. The number of rotatable bonds is 2. The van der Waals surface area contributed by atoms with Crippen molar-refractivity contribution < 1.29 is 23.8 Å². The number of fused-ring (bicyclic) bond motifs is 1. The Balaban J connectivity index is 0.00000256. The lowest BCUT2D eigenvalue weighted by molar-refractivity contribution is 0.0362. The Hall–Kier alpha value is -2.71. The summed E-state index contributed by atoms with van der Waals surface area (Å²) >= 11 is 0. The smallest absolute Gasteiger partial charge is 0.337 e. The Kier molecular flexibility index (Phi) is 7.23. The molecule has 0 radical (unpaired) electrons. The van der Waals surface area contributed by atoms with Gasteiger partial charge in [-0.2, -0.15) is 13.5 Å². The van der Waals surface area contributed by atoms with Gasteiger partial charge in [-0.3, -0.25) is 0 Å². The maximum Gasteiger partial charge on any atom is 0.337 e. The van der Waals surface area contributed by atoms with E-state index in [0.29, 0.717) is 50.8 Å². The molecule has 0 aliphatic carbocycles. The average molecular weight is 431 g/mol. The molecule has 1 saturated heterocycles. The monoisotopic (exact) mass is 430 g/mol. The third kappa shape index (κ3) is 4.55. The second kappa shape index (κ2) is 9.86. The van der Waals surface area contributed by atoms with Crippen molar-refractivity contribution in [3.8, 4) is 5.75 Å². The summed E-state index contributed by atoms with van der Waals surface area (Å²) in [6, 6.07) is 14.8. The molecule has 7 nitrogen and oxygen atoms in total. The maximum absolute atomic E-state index is 13.4. The van der Waals surface area contributed by atoms with Crippen molar-refractivity contribution in [3.05, 3.63) is 65.2 Å². The molecule has 2 amide bonds. The molecule has 1 fully saturated rings. The fourth-order valence-electron chi connectivity index (χ4n) is 3.71. The predicted molar refractivity (Wildman–Crippen MR) is 116 cm³/mol. The molecule has 2 heterocycles. The van der Waals surface area contributed by atoms with Crippen LogP contribution in [0.4, 0.5) is 4.79 Å². The lowest BCUT2D eigenvalue weighted by Crippen LogP contribution is -2.49. The number of carbonyl (C=O) groups is 2. The van der Waals surface area contributed by atoms with Gasteiger partial charge in [-0.05, 0) is 17.7 Å². The third-order valence-electron chi connectivity index (χ3n) is 5.31. The van der Waals surface area contributed by atoms with Crippen LogP contribution in [-0.4, -0.2) is 61.8 Å². The van der Waals surface area contributed by atoms with Gasteiger partial charge in [-0.25, -0.2) is 9.59 Å². The van der Waals surface area contributed by atoms with Gasteiger partial charge in [0, 0.05) is 18.7 Å². The van der Waals surface area contributed by atoms with Crippen LogP contribution in [0.2, 0.25) is 0 Å². The lowest BCUT2D eigenvalue weighted by atomic mass is 10.1. The molecular formula is C22H26N2O5S. The third-order valence-corrected chi connectivity index (χ3v) is 5.31. The number of morpholine rings is 1. The minimum Gasteiger partial charge on any atom is -0.491 e. The van der Waals surface area contributed by atoms with Crippen molar-refractivity contribution in [2.45, 2.75) is 12.6 Å². The second-order valence-electron chi connectivity index (χ2n) is 7.06. The number of methoxy groups -OCH3 is 1. The quantitative estimate of drug-likeness (QED) is 0.686. The second-order valence-corrected chi connectivity index (χ2v) is 7.06. The Morgan fingerprint density at radius 1 is 1.07 bits per heavy atom. The number of nitrogens with zero attached hydrogens (tertiary/aromatic N) is 2. The molecule has 4 rings (SSSR count). The van der Waals surface area contributed by atoms with Crippen molar-refractivity contribution in [1.82, 2.24) is 9.80 Å². The summed E-state index contributed by atoms with van der Waals surface area (Å²) in [5, 5.41) is 0. The van der Waals surface area contributed by atoms with E-state index in [1.165, 1.54) is 7.11 Å².